The van der Waals surface area contributed by atoms with Crippen molar-refractivity contribution in [2.24, 2.45) is 4.99 Å². The average Bonchev–Trinajstić information content (AvgIpc) is 2.93. The van der Waals surface area contributed by atoms with Crippen molar-refractivity contribution >= 4 is 27.5 Å². The second-order valence-electron chi connectivity index (χ2n) is 5.20. The van der Waals surface area contributed by atoms with Gasteiger partial charge in [0.05, 0.1) is 16.8 Å². The number of benzene rings is 2. The molecule has 1 amide bonds. The molecule has 24 heavy (non-hydrogen) atoms. The molecule has 0 bridgehead atoms. The molecule has 0 aliphatic carbocycles. The Morgan fingerprint density at radius 2 is 2.04 bits per heavy atom. The normalized spacial score (nSPS) is 11.4. The number of nitrogens with zero attached hydrogens (tertiary/aromatic N) is 2. The maximum atomic E-state index is 12.2. The van der Waals surface area contributed by atoms with E-state index >= 15 is 0 Å². The Morgan fingerprint density at radius 1 is 1.25 bits per heavy atom. The number of para-hydroxylation sites is 2. The van der Waals surface area contributed by atoms with Gasteiger partial charge in [0.1, 0.15) is 5.75 Å². The predicted molar refractivity (Wildman–Crippen MR) is 95.9 cm³/mol. The number of hydrogen-bond donors (Lipinski definition) is 0. The zero-order valence-electron chi connectivity index (χ0n) is 13.2. The van der Waals surface area contributed by atoms with Gasteiger partial charge in [0.15, 0.2) is 11.4 Å². The van der Waals surface area contributed by atoms with E-state index in [0.717, 1.165) is 15.8 Å². The minimum absolute atomic E-state index is 0.104. The maximum absolute atomic E-state index is 12.2. The fraction of sp³-hybridized carbons (Fsp3) is 0.158. The molecule has 0 aliphatic heterocycles. The lowest BCUT2D eigenvalue weighted by molar-refractivity contribution is -0.120. The number of fused-ring (bicyclic) bond motifs is 1. The number of ether oxygens (including phenoxy) is 1. The topological polar surface area (TPSA) is 43.6 Å². The molecule has 0 fully saturated rings. The molecule has 0 atom stereocenters. The quantitative estimate of drug-likeness (QED) is 0.687. The van der Waals surface area contributed by atoms with Crippen molar-refractivity contribution in [1.82, 2.24) is 4.57 Å². The molecular weight excluding hydrogens is 320 g/mol. The van der Waals surface area contributed by atoms with E-state index < -0.39 is 0 Å². The molecule has 0 aliphatic rings. The summed E-state index contributed by atoms with van der Waals surface area (Å²) in [6, 6.07) is 15.2. The minimum atomic E-state index is -0.339. The number of carbonyl (C=O) groups is 1. The Hall–Kier alpha value is -2.84. The summed E-state index contributed by atoms with van der Waals surface area (Å²) in [5, 5.41) is 0. The molecule has 5 heteroatoms. The van der Waals surface area contributed by atoms with Gasteiger partial charge < -0.3 is 9.30 Å². The number of rotatable bonds is 4. The van der Waals surface area contributed by atoms with Crippen LogP contribution in [0.25, 0.3) is 10.2 Å². The van der Waals surface area contributed by atoms with Crippen LogP contribution in [0.3, 0.4) is 0 Å². The summed E-state index contributed by atoms with van der Waals surface area (Å²) in [4.78, 5) is 16.9. The summed E-state index contributed by atoms with van der Waals surface area (Å²) >= 11 is 1.45. The number of aryl methyl sites for hydroxylation is 1. The van der Waals surface area contributed by atoms with Crippen LogP contribution in [0, 0.1) is 19.3 Å². The van der Waals surface area contributed by atoms with E-state index in [1.165, 1.54) is 11.3 Å². The van der Waals surface area contributed by atoms with Gasteiger partial charge in [0.25, 0.3) is 5.91 Å². The van der Waals surface area contributed by atoms with E-state index in [4.69, 9.17) is 11.2 Å². The van der Waals surface area contributed by atoms with Crippen molar-refractivity contribution in [1.29, 1.82) is 0 Å². The number of hydrogen-bond acceptors (Lipinski definition) is 3. The Morgan fingerprint density at radius 3 is 2.79 bits per heavy atom. The summed E-state index contributed by atoms with van der Waals surface area (Å²) in [6.45, 7) is 2.29. The first-order valence-electron chi connectivity index (χ1n) is 7.47. The lowest BCUT2D eigenvalue weighted by Gasteiger charge is -2.03. The minimum Gasteiger partial charge on any atom is -0.484 e. The zero-order chi connectivity index (χ0) is 16.9. The molecule has 3 aromatic rings. The molecule has 0 saturated heterocycles. The van der Waals surface area contributed by atoms with Crippen LogP contribution in [0.5, 0.6) is 5.75 Å². The van der Waals surface area contributed by atoms with Crippen molar-refractivity contribution in [3.63, 3.8) is 0 Å². The Kier molecular flexibility index (Phi) is 4.78. The van der Waals surface area contributed by atoms with Crippen molar-refractivity contribution in [3.05, 3.63) is 58.9 Å². The van der Waals surface area contributed by atoms with Crippen molar-refractivity contribution in [3.8, 4) is 18.1 Å². The van der Waals surface area contributed by atoms with Gasteiger partial charge in [0.2, 0.25) is 0 Å². The van der Waals surface area contributed by atoms with Crippen LogP contribution in [0.4, 0.5) is 0 Å². The highest BCUT2D eigenvalue weighted by Crippen LogP contribution is 2.20. The fourth-order valence-corrected chi connectivity index (χ4v) is 3.56. The number of carbonyl (C=O) groups excluding carboxylic acids is 1. The summed E-state index contributed by atoms with van der Waals surface area (Å²) < 4.78 is 8.40. The van der Waals surface area contributed by atoms with E-state index in [0.29, 0.717) is 17.1 Å². The predicted octanol–water partition coefficient (Wildman–Crippen LogP) is 3.15. The van der Waals surface area contributed by atoms with Crippen molar-refractivity contribution in [2.45, 2.75) is 13.5 Å². The largest absolute Gasteiger partial charge is 0.484 e. The molecule has 0 radical (unpaired) electrons. The van der Waals surface area contributed by atoms with Crippen LogP contribution < -0.4 is 9.54 Å². The van der Waals surface area contributed by atoms with Gasteiger partial charge in [-0.15, -0.1) is 6.42 Å². The van der Waals surface area contributed by atoms with Crippen molar-refractivity contribution < 1.29 is 9.53 Å². The monoisotopic (exact) mass is 336 g/mol. The third-order valence-corrected chi connectivity index (χ3v) is 4.52. The van der Waals surface area contributed by atoms with Gasteiger partial charge in [-0.25, -0.2) is 0 Å². The summed E-state index contributed by atoms with van der Waals surface area (Å²) in [5.74, 6) is 2.93. The highest BCUT2D eigenvalue weighted by atomic mass is 32.1. The van der Waals surface area contributed by atoms with Crippen LogP contribution in [-0.4, -0.2) is 17.1 Å². The smallest absolute Gasteiger partial charge is 0.286 e. The molecule has 4 nitrogen and oxygen atoms in total. The first-order chi connectivity index (χ1) is 11.7. The van der Waals surface area contributed by atoms with Gasteiger partial charge in [-0.3, -0.25) is 4.79 Å². The molecular formula is C19H16N2O2S. The number of amides is 1. The Balaban J connectivity index is 1.91. The van der Waals surface area contributed by atoms with Gasteiger partial charge >= 0.3 is 0 Å². The van der Waals surface area contributed by atoms with Crippen molar-refractivity contribution in [2.75, 3.05) is 6.61 Å². The molecule has 0 N–H and O–H groups in total. The lowest BCUT2D eigenvalue weighted by atomic mass is 10.2. The first kappa shape index (κ1) is 16.0. The number of aromatic nitrogens is 1. The standard InChI is InChI=1S/C19H16N2O2S/c1-3-12-21-18-14(2)8-7-11-16(18)24-19(21)20-17(22)13-23-15-9-5-4-6-10-15/h1,4-11H,12-13H2,2H3. The summed E-state index contributed by atoms with van der Waals surface area (Å²) in [5.41, 5.74) is 2.13. The molecule has 3 rings (SSSR count). The molecule has 0 saturated carbocycles. The van der Waals surface area contributed by atoms with Crippen LogP contribution in [-0.2, 0) is 11.3 Å². The van der Waals surface area contributed by atoms with E-state index in [2.05, 4.69) is 10.9 Å². The maximum Gasteiger partial charge on any atom is 0.286 e. The van der Waals surface area contributed by atoms with E-state index in [1.807, 2.05) is 47.9 Å². The molecule has 2 aromatic carbocycles. The van der Waals surface area contributed by atoms with Gasteiger partial charge in [-0.1, -0.05) is 47.6 Å². The zero-order valence-corrected chi connectivity index (χ0v) is 14.0. The second-order valence-corrected chi connectivity index (χ2v) is 6.21. The van der Waals surface area contributed by atoms with Gasteiger partial charge in [-0.05, 0) is 30.7 Å². The molecule has 1 heterocycles. The van der Waals surface area contributed by atoms with Gasteiger partial charge in [0, 0.05) is 0 Å². The third-order valence-electron chi connectivity index (χ3n) is 3.48. The second kappa shape index (κ2) is 7.16. The highest BCUT2D eigenvalue weighted by molar-refractivity contribution is 7.16. The Bertz CT molecular complexity index is 978. The summed E-state index contributed by atoms with van der Waals surface area (Å²) in [6.07, 6.45) is 5.48. The number of terminal acetylenes is 1. The highest BCUT2D eigenvalue weighted by Gasteiger charge is 2.09. The molecule has 120 valence electrons. The molecule has 0 unspecified atom stereocenters. The fourth-order valence-electron chi connectivity index (χ4n) is 2.43. The van der Waals surface area contributed by atoms with E-state index in [-0.39, 0.29) is 12.5 Å². The van der Waals surface area contributed by atoms with Crippen LogP contribution in [0.2, 0.25) is 0 Å². The van der Waals surface area contributed by atoms with Gasteiger partial charge in [-0.2, -0.15) is 4.99 Å². The molecule has 0 spiro atoms. The van der Waals surface area contributed by atoms with Crippen LogP contribution in [0.15, 0.2) is 53.5 Å². The SMILES string of the molecule is C#CCn1c(=NC(=O)COc2ccccc2)sc2cccc(C)c21. The number of thiazole rings is 1. The summed E-state index contributed by atoms with van der Waals surface area (Å²) in [7, 11) is 0. The van der Waals surface area contributed by atoms with Crippen LogP contribution >= 0.6 is 11.3 Å². The average molecular weight is 336 g/mol. The molecule has 1 aromatic heterocycles. The van der Waals surface area contributed by atoms with E-state index in [9.17, 15) is 4.79 Å². The lowest BCUT2D eigenvalue weighted by Crippen LogP contribution is -2.19. The first-order valence-corrected chi connectivity index (χ1v) is 8.28. The van der Waals surface area contributed by atoms with E-state index in [1.54, 1.807) is 12.1 Å². The van der Waals surface area contributed by atoms with Crippen LogP contribution in [0.1, 0.15) is 5.56 Å². The third kappa shape index (κ3) is 3.39. The Labute approximate surface area is 144 Å².